The van der Waals surface area contributed by atoms with Gasteiger partial charge in [0.15, 0.2) is 0 Å². The van der Waals surface area contributed by atoms with Crippen LogP contribution in [0.2, 0.25) is 0 Å². The van der Waals surface area contributed by atoms with Crippen LogP contribution in [0.5, 0.6) is 0 Å². The molecule has 0 atom stereocenters. The van der Waals surface area contributed by atoms with Gasteiger partial charge in [-0.1, -0.05) is 17.3 Å². The normalized spacial score (nSPS) is 10.5. The number of benzene rings is 1. The van der Waals surface area contributed by atoms with Gasteiger partial charge in [0.25, 0.3) is 0 Å². The summed E-state index contributed by atoms with van der Waals surface area (Å²) in [5, 5.41) is 8.31. The zero-order valence-corrected chi connectivity index (χ0v) is 9.99. The third kappa shape index (κ3) is 2.00. The minimum Gasteiger partial charge on any atom is -0.264 e. The van der Waals surface area contributed by atoms with Gasteiger partial charge in [0.05, 0.1) is 11.9 Å². The monoisotopic (exact) mass is 236 g/mol. The van der Waals surface area contributed by atoms with E-state index in [0.29, 0.717) is 0 Å². The van der Waals surface area contributed by atoms with E-state index in [0.717, 1.165) is 16.9 Å². The second kappa shape index (κ2) is 4.41. The van der Waals surface area contributed by atoms with Gasteiger partial charge in [-0.2, -0.15) is 0 Å². The van der Waals surface area contributed by atoms with Gasteiger partial charge < -0.3 is 0 Å². The molecular formula is C14H12N4. The average molecular weight is 236 g/mol. The zero-order chi connectivity index (χ0) is 12.4. The molecule has 0 bridgehead atoms. The average Bonchev–Trinajstić information content (AvgIpc) is 2.89. The summed E-state index contributed by atoms with van der Waals surface area (Å²) in [5.41, 5.74) is 4.00. The van der Waals surface area contributed by atoms with Crippen LogP contribution in [0, 0.1) is 6.92 Å². The van der Waals surface area contributed by atoms with E-state index in [4.69, 9.17) is 0 Å². The van der Waals surface area contributed by atoms with Crippen molar-refractivity contribution in [3.8, 4) is 16.9 Å². The molecule has 2 aromatic heterocycles. The van der Waals surface area contributed by atoms with E-state index >= 15 is 0 Å². The van der Waals surface area contributed by atoms with Gasteiger partial charge in [-0.25, -0.2) is 4.68 Å². The molecule has 0 saturated heterocycles. The summed E-state index contributed by atoms with van der Waals surface area (Å²) in [6.45, 7) is 2.06. The Morgan fingerprint density at radius 2 is 2.06 bits per heavy atom. The van der Waals surface area contributed by atoms with Crippen LogP contribution in [-0.2, 0) is 0 Å². The first-order valence-corrected chi connectivity index (χ1v) is 5.73. The fourth-order valence-corrected chi connectivity index (χ4v) is 1.81. The Kier molecular flexibility index (Phi) is 2.61. The van der Waals surface area contributed by atoms with E-state index in [-0.39, 0.29) is 0 Å². The second-order valence-corrected chi connectivity index (χ2v) is 4.13. The summed E-state index contributed by atoms with van der Waals surface area (Å²) in [7, 11) is 0. The van der Waals surface area contributed by atoms with E-state index in [1.165, 1.54) is 5.56 Å². The quantitative estimate of drug-likeness (QED) is 0.687. The number of hydrogen-bond donors (Lipinski definition) is 0. The van der Waals surface area contributed by atoms with Crippen molar-refractivity contribution in [2.45, 2.75) is 6.92 Å². The SMILES string of the molecule is Cc1cccc(-n2cc(-c3cccnc3)nn2)c1. The molecule has 4 nitrogen and oxygen atoms in total. The second-order valence-electron chi connectivity index (χ2n) is 4.13. The summed E-state index contributed by atoms with van der Waals surface area (Å²) in [6.07, 6.45) is 5.44. The topological polar surface area (TPSA) is 43.6 Å². The van der Waals surface area contributed by atoms with Crippen LogP contribution in [0.4, 0.5) is 0 Å². The molecule has 88 valence electrons. The Morgan fingerprint density at radius 1 is 1.11 bits per heavy atom. The van der Waals surface area contributed by atoms with Crippen molar-refractivity contribution in [1.82, 2.24) is 20.0 Å². The van der Waals surface area contributed by atoms with E-state index in [2.05, 4.69) is 34.4 Å². The van der Waals surface area contributed by atoms with Crippen LogP contribution in [-0.4, -0.2) is 20.0 Å². The van der Waals surface area contributed by atoms with E-state index in [9.17, 15) is 0 Å². The Hall–Kier alpha value is -2.49. The highest BCUT2D eigenvalue weighted by Crippen LogP contribution is 2.16. The third-order valence-corrected chi connectivity index (χ3v) is 2.72. The number of hydrogen-bond acceptors (Lipinski definition) is 3. The number of aromatic nitrogens is 4. The minimum atomic E-state index is 0.824. The Labute approximate surface area is 105 Å². The van der Waals surface area contributed by atoms with Gasteiger partial charge in [-0.05, 0) is 36.8 Å². The molecule has 1 aromatic carbocycles. The predicted octanol–water partition coefficient (Wildman–Crippen LogP) is 2.64. The van der Waals surface area contributed by atoms with E-state index in [1.807, 2.05) is 30.5 Å². The highest BCUT2D eigenvalue weighted by molar-refractivity contribution is 5.56. The smallest absolute Gasteiger partial charge is 0.115 e. The molecule has 0 fully saturated rings. The molecule has 0 unspecified atom stereocenters. The maximum Gasteiger partial charge on any atom is 0.115 e. The van der Waals surface area contributed by atoms with Crippen LogP contribution in [0.15, 0.2) is 55.0 Å². The number of rotatable bonds is 2. The van der Waals surface area contributed by atoms with E-state index < -0.39 is 0 Å². The maximum absolute atomic E-state index is 4.17. The molecule has 0 N–H and O–H groups in total. The molecule has 0 radical (unpaired) electrons. The third-order valence-electron chi connectivity index (χ3n) is 2.72. The van der Waals surface area contributed by atoms with Crippen molar-refractivity contribution >= 4 is 0 Å². The van der Waals surface area contributed by atoms with Crippen LogP contribution in [0.3, 0.4) is 0 Å². The number of nitrogens with zero attached hydrogens (tertiary/aromatic N) is 4. The fraction of sp³-hybridized carbons (Fsp3) is 0.0714. The van der Waals surface area contributed by atoms with Gasteiger partial charge in [0, 0.05) is 18.0 Å². The maximum atomic E-state index is 4.17. The standard InChI is InChI=1S/C14H12N4/c1-11-4-2-6-13(8-11)18-10-14(16-17-18)12-5-3-7-15-9-12/h2-10H,1H3. The molecule has 18 heavy (non-hydrogen) atoms. The number of pyridine rings is 1. The first kappa shape index (κ1) is 10.7. The zero-order valence-electron chi connectivity index (χ0n) is 9.99. The first-order valence-electron chi connectivity index (χ1n) is 5.73. The lowest BCUT2D eigenvalue weighted by atomic mass is 10.2. The number of aryl methyl sites for hydroxylation is 1. The van der Waals surface area contributed by atoms with Crippen molar-refractivity contribution in [2.75, 3.05) is 0 Å². The van der Waals surface area contributed by atoms with Crippen molar-refractivity contribution in [2.24, 2.45) is 0 Å². The van der Waals surface area contributed by atoms with Gasteiger partial charge in [-0.15, -0.1) is 5.10 Å². The summed E-state index contributed by atoms with van der Waals surface area (Å²) < 4.78 is 1.77. The summed E-state index contributed by atoms with van der Waals surface area (Å²) in [6, 6.07) is 12.0. The van der Waals surface area contributed by atoms with Crippen molar-refractivity contribution in [1.29, 1.82) is 0 Å². The molecule has 0 aliphatic rings. The summed E-state index contributed by atoms with van der Waals surface area (Å²) >= 11 is 0. The molecule has 0 aliphatic heterocycles. The van der Waals surface area contributed by atoms with Gasteiger partial charge in [0.2, 0.25) is 0 Å². The molecule has 0 saturated carbocycles. The molecule has 2 heterocycles. The highest BCUT2D eigenvalue weighted by Gasteiger charge is 2.04. The van der Waals surface area contributed by atoms with Crippen LogP contribution in [0.1, 0.15) is 5.56 Å². The minimum absolute atomic E-state index is 0.824. The lowest BCUT2D eigenvalue weighted by molar-refractivity contribution is 0.803. The summed E-state index contributed by atoms with van der Waals surface area (Å²) in [4.78, 5) is 4.08. The van der Waals surface area contributed by atoms with Gasteiger partial charge in [0.1, 0.15) is 5.69 Å². The van der Waals surface area contributed by atoms with Crippen LogP contribution >= 0.6 is 0 Å². The summed E-state index contributed by atoms with van der Waals surface area (Å²) in [5.74, 6) is 0. The van der Waals surface area contributed by atoms with E-state index in [1.54, 1.807) is 17.1 Å². The molecule has 0 spiro atoms. The Balaban J connectivity index is 2.00. The van der Waals surface area contributed by atoms with Crippen LogP contribution in [0.25, 0.3) is 16.9 Å². The molecular weight excluding hydrogens is 224 g/mol. The lowest BCUT2D eigenvalue weighted by Crippen LogP contribution is -1.94. The lowest BCUT2D eigenvalue weighted by Gasteiger charge is -2.00. The molecule has 3 aromatic rings. The van der Waals surface area contributed by atoms with Crippen molar-refractivity contribution in [3.63, 3.8) is 0 Å². The molecule has 0 aliphatic carbocycles. The Morgan fingerprint density at radius 3 is 2.83 bits per heavy atom. The van der Waals surface area contributed by atoms with Crippen molar-refractivity contribution < 1.29 is 0 Å². The largest absolute Gasteiger partial charge is 0.264 e. The van der Waals surface area contributed by atoms with Crippen molar-refractivity contribution in [3.05, 3.63) is 60.6 Å². The Bertz CT molecular complexity index is 658. The van der Waals surface area contributed by atoms with Crippen LogP contribution < -0.4 is 0 Å². The molecule has 0 amide bonds. The first-order chi connectivity index (χ1) is 8.83. The predicted molar refractivity (Wildman–Crippen MR) is 69.3 cm³/mol. The molecule has 3 rings (SSSR count). The highest BCUT2D eigenvalue weighted by atomic mass is 15.4. The van der Waals surface area contributed by atoms with Gasteiger partial charge >= 0.3 is 0 Å². The fourth-order valence-electron chi connectivity index (χ4n) is 1.81. The molecule has 4 heteroatoms. The van der Waals surface area contributed by atoms with Gasteiger partial charge in [-0.3, -0.25) is 4.98 Å².